The third-order valence-corrected chi connectivity index (χ3v) is 7.30. The number of carbonyl (C=O) groups excluding carboxylic acids is 1. The summed E-state index contributed by atoms with van der Waals surface area (Å²) in [6.07, 6.45) is 3.60. The number of urea groups is 1. The molecule has 3 rings (SSSR count). The molecule has 2 heterocycles. The highest BCUT2D eigenvalue weighted by molar-refractivity contribution is 7.90. The van der Waals surface area contributed by atoms with Crippen LogP contribution in [0.3, 0.4) is 0 Å². The van der Waals surface area contributed by atoms with Crippen molar-refractivity contribution in [3.63, 3.8) is 0 Å². The van der Waals surface area contributed by atoms with Crippen molar-refractivity contribution in [3.8, 4) is 0 Å². The number of nitrogens with zero attached hydrogens (tertiary/aromatic N) is 2. The van der Waals surface area contributed by atoms with Gasteiger partial charge in [-0.2, -0.15) is 5.10 Å². The second-order valence-corrected chi connectivity index (χ2v) is 11.4. The van der Waals surface area contributed by atoms with Crippen LogP contribution in [0.15, 0.2) is 18.3 Å². The normalized spacial score (nSPS) is 17.3. The van der Waals surface area contributed by atoms with Crippen LogP contribution < -0.4 is 5.32 Å². The molecule has 0 radical (unpaired) electrons. The van der Waals surface area contributed by atoms with Gasteiger partial charge in [0.2, 0.25) is 0 Å². The first-order valence-electron chi connectivity index (χ1n) is 10.00. The number of likely N-dealkylation sites (tertiary alicyclic amines) is 1. The highest BCUT2D eigenvalue weighted by atomic mass is 35.5. The Labute approximate surface area is 181 Å². The molecule has 166 valence electrons. The van der Waals surface area contributed by atoms with Gasteiger partial charge in [-0.1, -0.05) is 25.4 Å². The van der Waals surface area contributed by atoms with E-state index in [9.17, 15) is 18.3 Å². The van der Waals surface area contributed by atoms with Gasteiger partial charge >= 0.3 is 6.03 Å². The van der Waals surface area contributed by atoms with E-state index in [2.05, 4.69) is 15.5 Å². The number of amides is 2. The summed E-state index contributed by atoms with van der Waals surface area (Å²) in [6, 6.07) is 3.33. The molecular formula is C20H29ClN4O4S. The van der Waals surface area contributed by atoms with E-state index in [4.69, 9.17) is 11.6 Å². The number of rotatable bonds is 6. The molecule has 0 saturated carbocycles. The number of hydrogen-bond acceptors (Lipinski definition) is 5. The quantitative estimate of drug-likeness (QED) is 0.618. The van der Waals surface area contributed by atoms with Crippen LogP contribution in [0.5, 0.6) is 0 Å². The molecule has 1 aliphatic rings. The third kappa shape index (κ3) is 5.07. The standard InChI is InChI=1S/C20H29ClN4O4S/c1-20(2,18(26)15-10-14(21)11-17-16(15)12-23-24-17)13-4-7-25(8-5-13)19(27)22-6-9-30(3,28)29/h10-13,18,26H,4-9H2,1-3H3,(H,22,27)(H,23,24). The van der Waals surface area contributed by atoms with E-state index in [1.54, 1.807) is 23.2 Å². The van der Waals surface area contributed by atoms with Gasteiger partial charge in [-0.25, -0.2) is 13.2 Å². The first-order valence-corrected chi connectivity index (χ1v) is 12.4. The van der Waals surface area contributed by atoms with Gasteiger partial charge in [0.25, 0.3) is 0 Å². The first-order chi connectivity index (χ1) is 14.0. The number of fused-ring (bicyclic) bond motifs is 1. The van der Waals surface area contributed by atoms with Crippen LogP contribution in [0.1, 0.15) is 38.4 Å². The number of carbonyl (C=O) groups is 1. The molecule has 0 spiro atoms. The van der Waals surface area contributed by atoms with Gasteiger partial charge in [-0.3, -0.25) is 5.10 Å². The van der Waals surface area contributed by atoms with E-state index in [0.29, 0.717) is 18.1 Å². The zero-order chi connectivity index (χ0) is 22.1. The molecular weight excluding hydrogens is 428 g/mol. The number of H-pyrrole nitrogens is 1. The van der Waals surface area contributed by atoms with Gasteiger partial charge in [0.1, 0.15) is 9.84 Å². The molecule has 10 heteroatoms. The van der Waals surface area contributed by atoms with Gasteiger partial charge in [0.05, 0.1) is 23.6 Å². The Kier molecular flexibility index (Phi) is 6.64. The molecule has 1 saturated heterocycles. The van der Waals surface area contributed by atoms with E-state index in [1.165, 1.54) is 0 Å². The Morgan fingerprint density at radius 3 is 2.70 bits per heavy atom. The number of aromatic amines is 1. The average Bonchev–Trinajstić information content (AvgIpc) is 3.14. The zero-order valence-corrected chi connectivity index (χ0v) is 19.1. The molecule has 0 aliphatic carbocycles. The van der Waals surface area contributed by atoms with Crippen molar-refractivity contribution >= 4 is 38.4 Å². The van der Waals surface area contributed by atoms with Crippen LogP contribution in [0.2, 0.25) is 5.02 Å². The summed E-state index contributed by atoms with van der Waals surface area (Å²) in [5.74, 6) is 0.129. The van der Waals surface area contributed by atoms with Gasteiger partial charge in [0.15, 0.2) is 0 Å². The van der Waals surface area contributed by atoms with Crippen molar-refractivity contribution in [3.05, 3.63) is 28.9 Å². The Balaban J connectivity index is 1.64. The van der Waals surface area contributed by atoms with Crippen LogP contribution in [0.4, 0.5) is 4.79 Å². The second kappa shape index (κ2) is 8.72. The monoisotopic (exact) mass is 456 g/mol. The summed E-state index contributed by atoms with van der Waals surface area (Å²) in [4.78, 5) is 14.0. The Morgan fingerprint density at radius 1 is 1.40 bits per heavy atom. The molecule has 0 bridgehead atoms. The number of sulfone groups is 1. The minimum absolute atomic E-state index is 0.0729. The fourth-order valence-corrected chi connectivity index (χ4v) is 4.87. The van der Waals surface area contributed by atoms with Crippen molar-refractivity contribution in [1.29, 1.82) is 0 Å². The number of aromatic nitrogens is 2. The SMILES string of the molecule is CC(C)(C1CCN(C(=O)NCCS(C)(=O)=O)CC1)C(O)c1cc(Cl)cc2[nH]ncc12. The molecule has 1 unspecified atom stereocenters. The minimum Gasteiger partial charge on any atom is -0.388 e. The number of hydrogen-bond donors (Lipinski definition) is 3. The molecule has 1 aromatic carbocycles. The lowest BCUT2D eigenvalue weighted by Crippen LogP contribution is -2.48. The first kappa shape index (κ1) is 22.8. The lowest BCUT2D eigenvalue weighted by molar-refractivity contribution is -0.0142. The predicted octanol–water partition coefficient (Wildman–Crippen LogP) is 2.74. The fourth-order valence-electron chi connectivity index (χ4n) is 4.17. The maximum absolute atomic E-state index is 12.3. The minimum atomic E-state index is -3.11. The Bertz CT molecular complexity index is 1010. The van der Waals surface area contributed by atoms with E-state index in [1.807, 2.05) is 13.8 Å². The molecule has 1 aromatic heterocycles. The van der Waals surface area contributed by atoms with Crippen molar-refractivity contribution in [2.75, 3.05) is 31.6 Å². The van der Waals surface area contributed by atoms with Crippen LogP contribution in [-0.2, 0) is 9.84 Å². The number of nitrogens with one attached hydrogen (secondary N) is 2. The Hall–Kier alpha value is -1.84. The van der Waals surface area contributed by atoms with Crippen molar-refractivity contribution in [2.24, 2.45) is 11.3 Å². The summed E-state index contributed by atoms with van der Waals surface area (Å²) in [5.41, 5.74) is 1.10. The summed E-state index contributed by atoms with van der Waals surface area (Å²) >= 11 is 6.24. The number of aliphatic hydroxyl groups is 1. The van der Waals surface area contributed by atoms with E-state index >= 15 is 0 Å². The fraction of sp³-hybridized carbons (Fsp3) is 0.600. The summed E-state index contributed by atoms with van der Waals surface area (Å²) in [5, 5.41) is 22.3. The third-order valence-electron chi connectivity index (χ3n) is 6.14. The number of piperidine rings is 1. The number of aliphatic hydroxyl groups excluding tert-OH is 1. The van der Waals surface area contributed by atoms with Crippen molar-refractivity contribution in [1.82, 2.24) is 20.4 Å². The number of benzene rings is 1. The van der Waals surface area contributed by atoms with Gasteiger partial charge in [0, 0.05) is 36.3 Å². The highest BCUT2D eigenvalue weighted by Gasteiger charge is 2.40. The lowest BCUT2D eigenvalue weighted by atomic mass is 9.68. The summed E-state index contributed by atoms with van der Waals surface area (Å²) in [7, 11) is -3.11. The molecule has 8 nitrogen and oxygen atoms in total. The topological polar surface area (TPSA) is 115 Å². The summed E-state index contributed by atoms with van der Waals surface area (Å²) in [6.45, 7) is 5.30. The molecule has 30 heavy (non-hydrogen) atoms. The van der Waals surface area contributed by atoms with Crippen LogP contribution >= 0.6 is 11.6 Å². The van der Waals surface area contributed by atoms with E-state index in [0.717, 1.165) is 35.6 Å². The summed E-state index contributed by atoms with van der Waals surface area (Å²) < 4.78 is 22.4. The van der Waals surface area contributed by atoms with Gasteiger partial charge in [-0.15, -0.1) is 0 Å². The van der Waals surface area contributed by atoms with Crippen LogP contribution in [0.25, 0.3) is 10.9 Å². The molecule has 2 aromatic rings. The van der Waals surface area contributed by atoms with Crippen LogP contribution in [-0.4, -0.2) is 66.3 Å². The largest absolute Gasteiger partial charge is 0.388 e. The molecule has 2 amide bonds. The van der Waals surface area contributed by atoms with Gasteiger partial charge < -0.3 is 15.3 Å². The Morgan fingerprint density at radius 2 is 2.07 bits per heavy atom. The smallest absolute Gasteiger partial charge is 0.317 e. The molecule has 3 N–H and O–H groups in total. The molecule has 1 aliphatic heterocycles. The molecule has 1 fully saturated rings. The second-order valence-electron chi connectivity index (χ2n) is 8.67. The molecule has 1 atom stereocenters. The van der Waals surface area contributed by atoms with Crippen molar-refractivity contribution < 1.29 is 18.3 Å². The highest BCUT2D eigenvalue weighted by Crippen LogP contribution is 2.46. The van der Waals surface area contributed by atoms with E-state index < -0.39 is 21.4 Å². The maximum atomic E-state index is 12.3. The number of halogens is 1. The zero-order valence-electron chi connectivity index (χ0n) is 17.5. The van der Waals surface area contributed by atoms with Crippen molar-refractivity contribution in [2.45, 2.75) is 32.8 Å². The average molecular weight is 457 g/mol. The van der Waals surface area contributed by atoms with E-state index in [-0.39, 0.29) is 24.2 Å². The lowest BCUT2D eigenvalue weighted by Gasteiger charge is -2.43. The predicted molar refractivity (Wildman–Crippen MR) is 117 cm³/mol. The van der Waals surface area contributed by atoms with Gasteiger partial charge in [-0.05, 0) is 41.9 Å². The maximum Gasteiger partial charge on any atom is 0.317 e. The van der Waals surface area contributed by atoms with Crippen LogP contribution in [0, 0.1) is 11.3 Å².